The first kappa shape index (κ1) is 13.6. The van der Waals surface area contributed by atoms with Gasteiger partial charge in [-0.3, -0.25) is 0 Å². The second kappa shape index (κ2) is 5.47. The Labute approximate surface area is 113 Å². The van der Waals surface area contributed by atoms with Crippen molar-refractivity contribution < 1.29 is 13.2 Å². The van der Waals surface area contributed by atoms with Crippen molar-refractivity contribution in [3.63, 3.8) is 0 Å². The Bertz CT molecular complexity index is 493. The molecule has 2 rings (SSSR count). The van der Waals surface area contributed by atoms with E-state index in [4.69, 9.17) is 16.3 Å². The van der Waals surface area contributed by atoms with Crippen LogP contribution in [0.4, 0.5) is 0 Å². The zero-order valence-electron chi connectivity index (χ0n) is 10.2. The maximum absolute atomic E-state index is 12.3. The van der Waals surface area contributed by atoms with Crippen LogP contribution in [0.3, 0.4) is 0 Å². The Balaban J connectivity index is 2.19. The van der Waals surface area contributed by atoms with Gasteiger partial charge >= 0.3 is 0 Å². The number of benzene rings is 1. The van der Waals surface area contributed by atoms with Crippen LogP contribution in [0.1, 0.15) is 12.8 Å². The van der Waals surface area contributed by atoms with Crippen molar-refractivity contribution in [1.82, 2.24) is 4.31 Å². The van der Waals surface area contributed by atoms with E-state index in [2.05, 4.69) is 0 Å². The quantitative estimate of drug-likeness (QED) is 0.801. The highest BCUT2D eigenvalue weighted by Gasteiger charge is 2.28. The van der Waals surface area contributed by atoms with E-state index in [0.29, 0.717) is 36.6 Å². The number of hydrogen-bond acceptors (Lipinski definition) is 3. The van der Waals surface area contributed by atoms with Crippen molar-refractivity contribution >= 4 is 21.6 Å². The third-order valence-corrected chi connectivity index (χ3v) is 5.43. The Kier molecular flexibility index (Phi) is 4.14. The number of hydrogen-bond donors (Lipinski definition) is 0. The molecule has 0 aliphatic carbocycles. The fourth-order valence-corrected chi connectivity index (χ4v) is 3.63. The second-order valence-electron chi connectivity index (χ2n) is 4.25. The summed E-state index contributed by atoms with van der Waals surface area (Å²) in [4.78, 5) is 0.302. The molecule has 0 bridgehead atoms. The third-order valence-electron chi connectivity index (χ3n) is 3.08. The Morgan fingerprint density at radius 3 is 2.28 bits per heavy atom. The van der Waals surface area contributed by atoms with Crippen LogP contribution < -0.4 is 4.74 Å². The van der Waals surface area contributed by atoms with Crippen molar-refractivity contribution in [2.75, 3.05) is 20.2 Å². The number of ether oxygens (including phenoxy) is 1. The van der Waals surface area contributed by atoms with Crippen LogP contribution >= 0.6 is 11.6 Å². The summed E-state index contributed by atoms with van der Waals surface area (Å²) in [6.07, 6.45) is 1.41. The minimum Gasteiger partial charge on any atom is -0.497 e. The van der Waals surface area contributed by atoms with E-state index in [9.17, 15) is 8.42 Å². The van der Waals surface area contributed by atoms with Gasteiger partial charge in [-0.25, -0.2) is 8.42 Å². The van der Waals surface area contributed by atoms with E-state index in [1.54, 1.807) is 31.4 Å². The lowest BCUT2D eigenvalue weighted by molar-refractivity contribution is 0.350. The Morgan fingerprint density at radius 1 is 1.22 bits per heavy atom. The average Bonchev–Trinajstić information content (AvgIpc) is 2.39. The third kappa shape index (κ3) is 2.79. The van der Waals surface area contributed by atoms with Gasteiger partial charge in [-0.05, 0) is 37.1 Å². The van der Waals surface area contributed by atoms with Gasteiger partial charge < -0.3 is 4.74 Å². The number of alkyl halides is 1. The molecule has 0 unspecified atom stereocenters. The van der Waals surface area contributed by atoms with Gasteiger partial charge in [0.2, 0.25) is 10.0 Å². The lowest BCUT2D eigenvalue weighted by atomic mass is 10.2. The molecule has 1 heterocycles. The molecule has 0 N–H and O–H groups in total. The number of methoxy groups -OCH3 is 1. The lowest BCUT2D eigenvalue weighted by Gasteiger charge is -2.28. The number of halogens is 1. The van der Waals surface area contributed by atoms with Crippen molar-refractivity contribution in [3.8, 4) is 5.75 Å². The van der Waals surface area contributed by atoms with E-state index < -0.39 is 10.0 Å². The molecule has 4 nitrogen and oxygen atoms in total. The normalized spacial score (nSPS) is 18.8. The lowest BCUT2D eigenvalue weighted by Crippen LogP contribution is -2.38. The topological polar surface area (TPSA) is 46.6 Å². The maximum atomic E-state index is 12.3. The zero-order valence-corrected chi connectivity index (χ0v) is 11.7. The monoisotopic (exact) mass is 289 g/mol. The van der Waals surface area contributed by atoms with E-state index in [1.807, 2.05) is 0 Å². The molecule has 0 radical (unpaired) electrons. The molecule has 1 saturated heterocycles. The molecule has 1 aromatic carbocycles. The van der Waals surface area contributed by atoms with Gasteiger partial charge in [-0.1, -0.05) is 0 Å². The molecule has 6 heteroatoms. The first-order valence-electron chi connectivity index (χ1n) is 5.82. The van der Waals surface area contributed by atoms with Crippen molar-refractivity contribution in [3.05, 3.63) is 24.3 Å². The van der Waals surface area contributed by atoms with Crippen LogP contribution in [0.5, 0.6) is 5.75 Å². The fourth-order valence-electron chi connectivity index (χ4n) is 1.96. The van der Waals surface area contributed by atoms with Crippen LogP contribution in [0.25, 0.3) is 0 Å². The second-order valence-corrected chi connectivity index (χ2v) is 6.81. The van der Waals surface area contributed by atoms with Crippen molar-refractivity contribution in [2.45, 2.75) is 23.1 Å². The zero-order chi connectivity index (χ0) is 13.2. The van der Waals surface area contributed by atoms with Crippen LogP contribution in [0.15, 0.2) is 29.2 Å². The molecule has 1 fully saturated rings. The van der Waals surface area contributed by atoms with Crippen LogP contribution in [0.2, 0.25) is 0 Å². The molecule has 1 aromatic rings. The number of nitrogens with zero attached hydrogens (tertiary/aromatic N) is 1. The van der Waals surface area contributed by atoms with Gasteiger partial charge in [-0.15, -0.1) is 11.6 Å². The van der Waals surface area contributed by atoms with Crippen molar-refractivity contribution in [1.29, 1.82) is 0 Å². The minimum atomic E-state index is -3.39. The van der Waals surface area contributed by atoms with Crippen molar-refractivity contribution in [2.24, 2.45) is 0 Å². The predicted molar refractivity (Wildman–Crippen MR) is 70.6 cm³/mol. The summed E-state index contributed by atoms with van der Waals surface area (Å²) < 4.78 is 31.2. The minimum absolute atomic E-state index is 0.0901. The molecule has 100 valence electrons. The van der Waals surface area contributed by atoms with Gasteiger partial charge in [0.1, 0.15) is 5.75 Å². The summed E-state index contributed by atoms with van der Waals surface area (Å²) in [5.41, 5.74) is 0. The predicted octanol–water partition coefficient (Wildman–Crippen LogP) is 2.09. The molecular formula is C12H16ClNO3S. The maximum Gasteiger partial charge on any atom is 0.243 e. The molecule has 1 aliphatic heterocycles. The standard InChI is InChI=1S/C12H16ClNO3S/c1-17-11-2-4-12(5-3-11)18(15,16)14-8-6-10(13)7-9-14/h2-5,10H,6-9H2,1H3. The molecular weight excluding hydrogens is 274 g/mol. The number of rotatable bonds is 3. The molecule has 1 aliphatic rings. The average molecular weight is 290 g/mol. The molecule has 0 aromatic heterocycles. The summed E-state index contributed by atoms with van der Waals surface area (Å²) in [5.74, 6) is 0.647. The van der Waals surface area contributed by atoms with Gasteiger partial charge in [0.25, 0.3) is 0 Å². The Morgan fingerprint density at radius 2 is 1.78 bits per heavy atom. The molecule has 18 heavy (non-hydrogen) atoms. The summed E-state index contributed by atoms with van der Waals surface area (Å²) in [7, 11) is -1.84. The number of piperidine rings is 1. The first-order valence-corrected chi connectivity index (χ1v) is 7.70. The molecule has 0 spiro atoms. The SMILES string of the molecule is COc1ccc(S(=O)(=O)N2CCC(Cl)CC2)cc1. The number of sulfonamides is 1. The highest BCUT2D eigenvalue weighted by Crippen LogP contribution is 2.24. The Hall–Kier alpha value is -0.780. The van der Waals surface area contributed by atoms with Crippen LogP contribution in [-0.4, -0.2) is 38.3 Å². The van der Waals surface area contributed by atoms with Gasteiger partial charge in [0.05, 0.1) is 12.0 Å². The van der Waals surface area contributed by atoms with E-state index in [0.717, 1.165) is 0 Å². The summed E-state index contributed by atoms with van der Waals surface area (Å²) >= 11 is 5.98. The van der Waals surface area contributed by atoms with Crippen LogP contribution in [0, 0.1) is 0 Å². The van der Waals surface area contributed by atoms with Gasteiger partial charge in [-0.2, -0.15) is 4.31 Å². The molecule has 0 atom stereocenters. The van der Waals surface area contributed by atoms with E-state index in [1.165, 1.54) is 4.31 Å². The highest BCUT2D eigenvalue weighted by atomic mass is 35.5. The smallest absolute Gasteiger partial charge is 0.243 e. The summed E-state index contributed by atoms with van der Waals surface area (Å²) in [6, 6.07) is 6.45. The largest absolute Gasteiger partial charge is 0.497 e. The van der Waals surface area contributed by atoms with E-state index in [-0.39, 0.29) is 5.38 Å². The van der Waals surface area contributed by atoms with Gasteiger partial charge in [0.15, 0.2) is 0 Å². The molecule has 0 amide bonds. The fraction of sp³-hybridized carbons (Fsp3) is 0.500. The van der Waals surface area contributed by atoms with Gasteiger partial charge in [0, 0.05) is 18.5 Å². The highest BCUT2D eigenvalue weighted by molar-refractivity contribution is 7.89. The molecule has 0 saturated carbocycles. The van der Waals surface area contributed by atoms with E-state index >= 15 is 0 Å². The summed E-state index contributed by atoms with van der Waals surface area (Å²) in [6.45, 7) is 0.977. The first-order chi connectivity index (χ1) is 8.54. The summed E-state index contributed by atoms with van der Waals surface area (Å²) in [5, 5.41) is 0.0901. The van der Waals surface area contributed by atoms with Crippen LogP contribution in [-0.2, 0) is 10.0 Å².